The molecule has 2 aromatic heterocycles. The molecule has 2 fully saturated rings. The van der Waals surface area contributed by atoms with Gasteiger partial charge in [0, 0.05) is 30.3 Å². The van der Waals surface area contributed by atoms with Gasteiger partial charge in [0.05, 0.1) is 11.9 Å². The molecule has 0 bridgehead atoms. The molecule has 2 heterocycles. The fourth-order valence-corrected chi connectivity index (χ4v) is 5.86. The fourth-order valence-electron chi connectivity index (χ4n) is 4.58. The largest absolute Gasteiger partial charge is 0.443 e. The van der Waals surface area contributed by atoms with Gasteiger partial charge in [0.2, 0.25) is 5.92 Å². The van der Waals surface area contributed by atoms with E-state index in [0.29, 0.717) is 27.1 Å². The number of urea groups is 1. The van der Waals surface area contributed by atoms with Gasteiger partial charge in [-0.15, -0.1) is 11.3 Å². The molecule has 0 aromatic carbocycles. The van der Waals surface area contributed by atoms with Gasteiger partial charge in [0.15, 0.2) is 0 Å². The summed E-state index contributed by atoms with van der Waals surface area (Å²) in [6, 6.07) is -1.18. The van der Waals surface area contributed by atoms with Crippen LogP contribution in [0.3, 0.4) is 0 Å². The third kappa shape index (κ3) is 5.11. The first kappa shape index (κ1) is 26.1. The minimum Gasteiger partial charge on any atom is -0.443 e. The molecule has 198 valence electrons. The number of thiophene rings is 1. The van der Waals surface area contributed by atoms with E-state index < -0.39 is 34.9 Å². The van der Waals surface area contributed by atoms with Crippen molar-refractivity contribution in [3.63, 3.8) is 0 Å². The van der Waals surface area contributed by atoms with Crippen molar-refractivity contribution in [3.05, 3.63) is 31.3 Å². The number of nitrogens with zero attached hydrogens (tertiary/aromatic N) is 3. The van der Waals surface area contributed by atoms with Crippen LogP contribution in [0.2, 0.25) is 0 Å². The molecule has 3 N–H and O–H groups in total. The van der Waals surface area contributed by atoms with Gasteiger partial charge < -0.3 is 10.5 Å². The van der Waals surface area contributed by atoms with Gasteiger partial charge in [-0.05, 0) is 51.5 Å². The maximum absolute atomic E-state index is 13.5. The molecule has 4 rings (SSSR count). The molecule has 2 aromatic rings. The Hall–Kier alpha value is -2.96. The van der Waals surface area contributed by atoms with Crippen molar-refractivity contribution in [1.82, 2.24) is 19.6 Å². The maximum Gasteiger partial charge on any atom is 0.426 e. The summed E-state index contributed by atoms with van der Waals surface area (Å²) < 4.78 is 34.8. The number of aromatic nitrogens is 2. The monoisotopic (exact) mass is 527 g/mol. The first-order valence-electron chi connectivity index (χ1n) is 11.8. The van der Waals surface area contributed by atoms with Crippen LogP contribution in [0.25, 0.3) is 10.2 Å². The normalized spacial score (nSPS) is 21.2. The number of amides is 3. The zero-order valence-corrected chi connectivity index (χ0v) is 21.7. The lowest BCUT2D eigenvalue weighted by atomic mass is 9.81. The third-order valence-corrected chi connectivity index (χ3v) is 7.85. The molecule has 2 atom stereocenters. The van der Waals surface area contributed by atoms with E-state index in [4.69, 9.17) is 10.5 Å². The lowest BCUT2D eigenvalue weighted by Crippen LogP contribution is -2.49. The average Bonchev–Trinajstić information content (AvgIpc) is 3.32. The number of nitrogens with one attached hydrogen (secondary N) is 1. The van der Waals surface area contributed by atoms with E-state index in [1.54, 1.807) is 27.7 Å². The van der Waals surface area contributed by atoms with Crippen molar-refractivity contribution in [3.8, 4) is 0 Å². The molecule has 0 radical (unpaired) electrons. The molecule has 10 nitrogen and oxygen atoms in total. The van der Waals surface area contributed by atoms with Crippen molar-refractivity contribution in [1.29, 1.82) is 0 Å². The Kier molecular flexibility index (Phi) is 6.42. The number of halogens is 2. The van der Waals surface area contributed by atoms with Gasteiger partial charge in [-0.25, -0.2) is 33.6 Å². The zero-order chi connectivity index (χ0) is 26.7. The van der Waals surface area contributed by atoms with Gasteiger partial charge in [0.25, 0.3) is 5.56 Å². The number of fused-ring (bicyclic) bond motifs is 1. The van der Waals surface area contributed by atoms with Crippen LogP contribution < -0.4 is 22.4 Å². The molecule has 2 saturated carbocycles. The Morgan fingerprint density at radius 3 is 2.39 bits per heavy atom. The SMILES string of the molecule is Cc1c(CN(NC(=O)OC(C)(C)C)C(N)=O)sc2c1c(=O)n([C@H]1C[C@@H]1C)c(=O)n2CC1CC(F)(F)C1. The van der Waals surface area contributed by atoms with E-state index in [2.05, 4.69) is 5.43 Å². The van der Waals surface area contributed by atoms with E-state index in [0.717, 1.165) is 16.3 Å². The average molecular weight is 528 g/mol. The molecular formula is C23H31F2N5O5S. The van der Waals surface area contributed by atoms with E-state index >= 15 is 0 Å². The van der Waals surface area contributed by atoms with Crippen molar-refractivity contribution < 1.29 is 23.1 Å². The minimum absolute atomic E-state index is 0.0708. The topological polar surface area (TPSA) is 129 Å². The van der Waals surface area contributed by atoms with Crippen LogP contribution in [0.5, 0.6) is 0 Å². The molecule has 0 spiro atoms. The molecule has 3 amide bonds. The summed E-state index contributed by atoms with van der Waals surface area (Å²) in [7, 11) is 0. The number of carbonyl (C=O) groups is 2. The molecule has 0 aliphatic heterocycles. The highest BCUT2D eigenvalue weighted by Gasteiger charge is 2.46. The first-order chi connectivity index (χ1) is 16.6. The highest BCUT2D eigenvalue weighted by molar-refractivity contribution is 7.18. The minimum atomic E-state index is -2.74. The van der Waals surface area contributed by atoms with E-state index in [9.17, 15) is 28.0 Å². The summed E-state index contributed by atoms with van der Waals surface area (Å²) >= 11 is 1.10. The van der Waals surface area contributed by atoms with Crippen molar-refractivity contribution >= 4 is 33.7 Å². The highest BCUT2D eigenvalue weighted by Crippen LogP contribution is 2.44. The van der Waals surface area contributed by atoms with Crippen LogP contribution in [-0.2, 0) is 17.8 Å². The van der Waals surface area contributed by atoms with Crippen LogP contribution in [0.15, 0.2) is 9.59 Å². The second-order valence-electron chi connectivity index (χ2n) is 10.8. The lowest BCUT2D eigenvalue weighted by molar-refractivity contribution is -0.114. The number of aryl methyl sites for hydroxylation is 1. The Morgan fingerprint density at radius 2 is 1.89 bits per heavy atom. The molecule has 13 heteroatoms. The fraction of sp³-hybridized carbons (Fsp3) is 0.652. The highest BCUT2D eigenvalue weighted by atomic mass is 32.1. The van der Waals surface area contributed by atoms with Gasteiger partial charge >= 0.3 is 17.8 Å². The van der Waals surface area contributed by atoms with Crippen LogP contribution in [-0.4, -0.2) is 37.8 Å². The van der Waals surface area contributed by atoms with E-state index in [-0.39, 0.29) is 43.8 Å². The number of hydrazine groups is 1. The maximum atomic E-state index is 13.5. The summed E-state index contributed by atoms with van der Waals surface area (Å²) in [5, 5.41) is 1.17. The summed E-state index contributed by atoms with van der Waals surface area (Å²) in [5.41, 5.74) is 6.54. The quantitative estimate of drug-likeness (QED) is 0.576. The summed E-state index contributed by atoms with van der Waals surface area (Å²) in [5.74, 6) is -2.96. The lowest BCUT2D eigenvalue weighted by Gasteiger charge is -2.35. The molecule has 36 heavy (non-hydrogen) atoms. The molecule has 2 aliphatic rings. The summed E-state index contributed by atoms with van der Waals surface area (Å²) in [4.78, 5) is 51.9. The predicted molar refractivity (Wildman–Crippen MR) is 130 cm³/mol. The second-order valence-corrected chi connectivity index (χ2v) is 11.9. The zero-order valence-electron chi connectivity index (χ0n) is 20.9. The van der Waals surface area contributed by atoms with Crippen LogP contribution in [0, 0.1) is 18.8 Å². The van der Waals surface area contributed by atoms with Crippen LogP contribution in [0.4, 0.5) is 18.4 Å². The number of ether oxygens (including phenoxy) is 1. The van der Waals surface area contributed by atoms with Gasteiger partial charge in [-0.2, -0.15) is 0 Å². The molecule has 0 unspecified atom stereocenters. The number of hydrogen-bond acceptors (Lipinski definition) is 6. The number of carbonyl (C=O) groups excluding carboxylic acids is 2. The van der Waals surface area contributed by atoms with Gasteiger partial charge in [-0.3, -0.25) is 13.9 Å². The van der Waals surface area contributed by atoms with Crippen LogP contribution >= 0.6 is 11.3 Å². The number of primary amides is 1. The van der Waals surface area contributed by atoms with Gasteiger partial charge in [-0.1, -0.05) is 6.92 Å². The summed E-state index contributed by atoms with van der Waals surface area (Å²) in [6.07, 6.45) is -0.820. The number of rotatable bonds is 5. The van der Waals surface area contributed by atoms with Crippen molar-refractivity contribution in [2.75, 3.05) is 0 Å². The molecule has 0 saturated heterocycles. The predicted octanol–water partition coefficient (Wildman–Crippen LogP) is 3.48. The number of alkyl halides is 2. The van der Waals surface area contributed by atoms with Crippen molar-refractivity contribution in [2.24, 2.45) is 17.6 Å². The Bertz CT molecular complexity index is 1330. The van der Waals surface area contributed by atoms with E-state index in [1.807, 2.05) is 6.92 Å². The number of hydrogen-bond donors (Lipinski definition) is 2. The summed E-state index contributed by atoms with van der Waals surface area (Å²) in [6.45, 7) is 8.53. The first-order valence-corrected chi connectivity index (χ1v) is 12.6. The third-order valence-electron chi connectivity index (χ3n) is 6.55. The molecule has 2 aliphatic carbocycles. The smallest absolute Gasteiger partial charge is 0.426 e. The van der Waals surface area contributed by atoms with Gasteiger partial charge in [0.1, 0.15) is 10.4 Å². The standard InChI is InChI=1S/C23H31F2N5O5S/c1-11-6-14(11)30-17(31)16-12(2)15(10-29(19(26)32)27-20(33)35-22(3,4)5)36-18(16)28(21(30)34)9-13-7-23(24,25)8-13/h11,13-14H,6-10H2,1-5H3,(H2,26,32)(H,27,33)/t11-,14-/m0/s1. The van der Waals surface area contributed by atoms with E-state index in [1.165, 1.54) is 9.13 Å². The Morgan fingerprint density at radius 1 is 1.28 bits per heavy atom. The van der Waals surface area contributed by atoms with Crippen molar-refractivity contribution in [2.45, 2.75) is 84.5 Å². The Labute approximate surface area is 210 Å². The molecular weight excluding hydrogens is 496 g/mol. The number of nitrogens with two attached hydrogens (primary N) is 1. The Balaban J connectivity index is 1.74. The van der Waals surface area contributed by atoms with Crippen LogP contribution in [0.1, 0.15) is 63.4 Å². The second kappa shape index (κ2) is 8.86.